The van der Waals surface area contributed by atoms with Gasteiger partial charge in [0.25, 0.3) is 0 Å². The number of imidazole rings is 1. The maximum Gasteiger partial charge on any atom is 0.178 e. The Hall–Kier alpha value is -5.57. The number of methoxy groups -OCH3 is 1. The number of ether oxygens (including phenoxy) is 2. The SMILES string of the molecule is COc1cccc(-c2ccnc3nc(-c4n[nH]c5ccc(-c6cncc(OCc7ccccc7)c6)nc45)[nH]c23)c1. The van der Waals surface area contributed by atoms with Crippen LogP contribution in [0.4, 0.5) is 0 Å². The molecular formula is C31H23N7O2. The zero-order chi connectivity index (χ0) is 26.9. The van der Waals surface area contributed by atoms with E-state index < -0.39 is 0 Å². The molecule has 0 aliphatic carbocycles. The molecule has 0 fully saturated rings. The van der Waals surface area contributed by atoms with Gasteiger partial charge in [-0.2, -0.15) is 5.10 Å². The van der Waals surface area contributed by atoms with Crippen LogP contribution in [0.2, 0.25) is 0 Å². The van der Waals surface area contributed by atoms with E-state index in [4.69, 9.17) is 19.4 Å². The molecule has 0 bridgehead atoms. The lowest BCUT2D eigenvalue weighted by Crippen LogP contribution is -1.96. The molecule has 0 saturated carbocycles. The summed E-state index contributed by atoms with van der Waals surface area (Å²) < 4.78 is 11.4. The Kier molecular flexibility index (Phi) is 5.86. The van der Waals surface area contributed by atoms with Crippen molar-refractivity contribution < 1.29 is 9.47 Å². The van der Waals surface area contributed by atoms with E-state index in [2.05, 4.69) is 25.1 Å². The number of nitrogens with zero attached hydrogens (tertiary/aromatic N) is 5. The lowest BCUT2D eigenvalue weighted by Gasteiger charge is -2.08. The van der Waals surface area contributed by atoms with Gasteiger partial charge < -0.3 is 14.5 Å². The van der Waals surface area contributed by atoms with Crippen molar-refractivity contribution in [3.05, 3.63) is 103 Å². The predicted octanol–water partition coefficient (Wildman–Crippen LogP) is 6.21. The molecule has 7 aromatic rings. The lowest BCUT2D eigenvalue weighted by molar-refractivity contribution is 0.305. The number of pyridine rings is 3. The maximum atomic E-state index is 5.98. The van der Waals surface area contributed by atoms with E-state index in [1.807, 2.05) is 78.9 Å². The fourth-order valence-electron chi connectivity index (χ4n) is 4.66. The molecule has 40 heavy (non-hydrogen) atoms. The predicted molar refractivity (Wildman–Crippen MR) is 153 cm³/mol. The number of hydrogen-bond donors (Lipinski definition) is 2. The number of rotatable bonds is 7. The monoisotopic (exact) mass is 525 g/mol. The minimum absolute atomic E-state index is 0.460. The second-order valence-corrected chi connectivity index (χ2v) is 9.22. The molecule has 0 aliphatic rings. The van der Waals surface area contributed by atoms with Crippen molar-refractivity contribution in [3.63, 3.8) is 0 Å². The first-order valence-corrected chi connectivity index (χ1v) is 12.7. The standard InChI is InChI=1S/C31H23N7O2/c1-39-22-9-5-8-20(14-22)24-12-13-33-30-27(24)35-31(36-30)29-28-26(37-38-29)11-10-25(34-28)21-15-23(17-32-16-21)40-18-19-6-3-2-4-7-19/h2-17H,18H2,1H3,(H,37,38)(H,33,35,36). The minimum Gasteiger partial charge on any atom is -0.497 e. The van der Waals surface area contributed by atoms with Gasteiger partial charge in [0.2, 0.25) is 0 Å². The van der Waals surface area contributed by atoms with Gasteiger partial charge in [0, 0.05) is 23.5 Å². The van der Waals surface area contributed by atoms with Crippen LogP contribution in [-0.2, 0) is 6.61 Å². The number of aromatic amines is 2. The summed E-state index contributed by atoms with van der Waals surface area (Å²) in [5.74, 6) is 2.03. The average molecular weight is 526 g/mol. The van der Waals surface area contributed by atoms with Crippen molar-refractivity contribution in [1.82, 2.24) is 35.1 Å². The normalized spacial score (nSPS) is 11.2. The van der Waals surface area contributed by atoms with Gasteiger partial charge in [-0.25, -0.2) is 15.0 Å². The third-order valence-corrected chi connectivity index (χ3v) is 6.66. The van der Waals surface area contributed by atoms with Crippen molar-refractivity contribution in [1.29, 1.82) is 0 Å². The summed E-state index contributed by atoms with van der Waals surface area (Å²) in [6.07, 6.45) is 5.23. The highest BCUT2D eigenvalue weighted by molar-refractivity contribution is 5.95. The van der Waals surface area contributed by atoms with Crippen molar-refractivity contribution in [3.8, 4) is 45.4 Å². The van der Waals surface area contributed by atoms with Crippen LogP contribution in [0.3, 0.4) is 0 Å². The molecule has 9 nitrogen and oxygen atoms in total. The Labute approximate surface area is 228 Å². The van der Waals surface area contributed by atoms with Crippen molar-refractivity contribution in [2.45, 2.75) is 6.61 Å². The Morgan fingerprint density at radius 2 is 1.73 bits per heavy atom. The van der Waals surface area contributed by atoms with Crippen LogP contribution in [0.25, 0.3) is 56.1 Å². The number of aromatic nitrogens is 7. The van der Waals surface area contributed by atoms with Crippen molar-refractivity contribution in [2.24, 2.45) is 0 Å². The molecule has 9 heteroatoms. The first-order chi connectivity index (χ1) is 19.7. The van der Waals surface area contributed by atoms with Crippen molar-refractivity contribution in [2.75, 3.05) is 7.11 Å². The molecule has 5 heterocycles. The fourth-order valence-corrected chi connectivity index (χ4v) is 4.66. The number of H-pyrrole nitrogens is 2. The molecule has 0 aliphatic heterocycles. The molecule has 0 unspecified atom stereocenters. The van der Waals surface area contributed by atoms with Crippen molar-refractivity contribution >= 4 is 22.2 Å². The van der Waals surface area contributed by atoms with Crippen LogP contribution in [0.1, 0.15) is 5.56 Å². The number of hydrogen-bond acceptors (Lipinski definition) is 7. The summed E-state index contributed by atoms with van der Waals surface area (Å²) >= 11 is 0. The largest absolute Gasteiger partial charge is 0.497 e. The molecule has 0 amide bonds. The quantitative estimate of drug-likeness (QED) is 0.254. The van der Waals surface area contributed by atoms with Gasteiger partial charge >= 0.3 is 0 Å². The molecule has 0 radical (unpaired) electrons. The molecule has 2 N–H and O–H groups in total. The van der Waals surface area contributed by atoms with Gasteiger partial charge in [-0.15, -0.1) is 0 Å². The highest BCUT2D eigenvalue weighted by Gasteiger charge is 2.18. The second kappa shape index (κ2) is 9.95. The van der Waals surface area contributed by atoms with E-state index in [9.17, 15) is 0 Å². The van der Waals surface area contributed by atoms with Crippen LogP contribution in [-0.4, -0.2) is 42.2 Å². The van der Waals surface area contributed by atoms with Gasteiger partial charge in [0.1, 0.15) is 23.6 Å². The molecular weight excluding hydrogens is 502 g/mol. The van der Waals surface area contributed by atoms with Gasteiger partial charge in [-0.3, -0.25) is 10.1 Å². The van der Waals surface area contributed by atoms with E-state index in [1.165, 1.54) is 0 Å². The molecule has 0 spiro atoms. The number of benzene rings is 2. The van der Waals surface area contributed by atoms with E-state index in [-0.39, 0.29) is 0 Å². The highest BCUT2D eigenvalue weighted by atomic mass is 16.5. The lowest BCUT2D eigenvalue weighted by atomic mass is 10.1. The zero-order valence-corrected chi connectivity index (χ0v) is 21.5. The molecule has 0 atom stereocenters. The smallest absolute Gasteiger partial charge is 0.178 e. The van der Waals surface area contributed by atoms with E-state index in [0.29, 0.717) is 35.0 Å². The number of nitrogens with one attached hydrogen (secondary N) is 2. The second-order valence-electron chi connectivity index (χ2n) is 9.22. The van der Waals surface area contributed by atoms with Crippen LogP contribution in [0.5, 0.6) is 11.5 Å². The molecule has 2 aromatic carbocycles. The van der Waals surface area contributed by atoms with Gasteiger partial charge in [-0.05, 0) is 47.5 Å². The van der Waals surface area contributed by atoms with Crippen LogP contribution < -0.4 is 9.47 Å². The third kappa shape index (κ3) is 4.39. The van der Waals surface area contributed by atoms with E-state index >= 15 is 0 Å². The van der Waals surface area contributed by atoms with E-state index in [1.54, 1.807) is 25.7 Å². The molecule has 7 rings (SSSR count). The van der Waals surface area contributed by atoms with Crippen LogP contribution in [0, 0.1) is 0 Å². The van der Waals surface area contributed by atoms with Crippen LogP contribution >= 0.6 is 0 Å². The fraction of sp³-hybridized carbons (Fsp3) is 0.0645. The zero-order valence-electron chi connectivity index (χ0n) is 21.5. The summed E-state index contributed by atoms with van der Waals surface area (Å²) in [5, 5.41) is 7.61. The summed E-state index contributed by atoms with van der Waals surface area (Å²) in [6, 6.07) is 25.7. The maximum absolute atomic E-state index is 5.98. The van der Waals surface area contributed by atoms with Crippen LogP contribution in [0.15, 0.2) is 97.5 Å². The Morgan fingerprint density at radius 1 is 0.825 bits per heavy atom. The summed E-state index contributed by atoms with van der Waals surface area (Å²) in [7, 11) is 1.66. The van der Waals surface area contributed by atoms with Gasteiger partial charge in [0.05, 0.1) is 30.0 Å². The van der Waals surface area contributed by atoms with Gasteiger partial charge in [-0.1, -0.05) is 42.5 Å². The Balaban J connectivity index is 1.24. The Bertz CT molecular complexity index is 1960. The minimum atomic E-state index is 0.460. The first-order valence-electron chi connectivity index (χ1n) is 12.7. The summed E-state index contributed by atoms with van der Waals surface area (Å²) in [4.78, 5) is 22.0. The third-order valence-electron chi connectivity index (χ3n) is 6.66. The Morgan fingerprint density at radius 3 is 2.62 bits per heavy atom. The molecule has 0 saturated heterocycles. The molecule has 194 valence electrons. The molecule has 5 aromatic heterocycles. The average Bonchev–Trinajstić information content (AvgIpc) is 3.64. The number of fused-ring (bicyclic) bond motifs is 2. The topological polar surface area (TPSA) is 114 Å². The highest BCUT2D eigenvalue weighted by Crippen LogP contribution is 2.32. The van der Waals surface area contributed by atoms with E-state index in [0.717, 1.165) is 44.7 Å². The summed E-state index contributed by atoms with van der Waals surface area (Å²) in [6.45, 7) is 0.460. The van der Waals surface area contributed by atoms with Gasteiger partial charge in [0.15, 0.2) is 17.2 Å². The first kappa shape index (κ1) is 23.5. The summed E-state index contributed by atoms with van der Waals surface area (Å²) in [5.41, 5.74) is 8.14.